The predicted molar refractivity (Wildman–Crippen MR) is 93.4 cm³/mol. The van der Waals surface area contributed by atoms with Gasteiger partial charge in [-0.1, -0.05) is 18.2 Å². The van der Waals surface area contributed by atoms with Crippen molar-refractivity contribution in [3.05, 3.63) is 70.0 Å². The van der Waals surface area contributed by atoms with Gasteiger partial charge in [-0.3, -0.25) is 19.9 Å². The maximum atomic E-state index is 12.9. The summed E-state index contributed by atoms with van der Waals surface area (Å²) in [6, 6.07) is 13.5. The highest BCUT2D eigenvalue weighted by molar-refractivity contribution is 6.09. The molecule has 0 fully saturated rings. The summed E-state index contributed by atoms with van der Waals surface area (Å²) in [6.07, 6.45) is 1.56. The van der Waals surface area contributed by atoms with Gasteiger partial charge in [0.2, 0.25) is 0 Å². The number of benzodiazepines with no additional fused rings is 1. The highest BCUT2D eigenvalue weighted by Gasteiger charge is 2.25. The van der Waals surface area contributed by atoms with Gasteiger partial charge in [0.1, 0.15) is 5.58 Å². The van der Waals surface area contributed by atoms with Crippen molar-refractivity contribution in [3.8, 4) is 0 Å². The Balaban J connectivity index is 1.76. The van der Waals surface area contributed by atoms with E-state index in [2.05, 4.69) is 4.99 Å². The number of anilines is 1. The van der Waals surface area contributed by atoms with Gasteiger partial charge in [-0.2, -0.15) is 0 Å². The summed E-state index contributed by atoms with van der Waals surface area (Å²) in [5.74, 6) is -0.0656. The molecule has 0 aliphatic carbocycles. The molecule has 7 nitrogen and oxygen atoms in total. The maximum absolute atomic E-state index is 12.9. The number of hydrogen-bond acceptors (Lipinski definition) is 5. The number of nitrogens with zero attached hydrogens (tertiary/aromatic N) is 3. The summed E-state index contributed by atoms with van der Waals surface area (Å²) in [4.78, 5) is 29.2. The number of amides is 1. The van der Waals surface area contributed by atoms with Gasteiger partial charge >= 0.3 is 0 Å². The van der Waals surface area contributed by atoms with E-state index in [4.69, 9.17) is 4.42 Å². The van der Waals surface area contributed by atoms with Crippen LogP contribution in [0.2, 0.25) is 0 Å². The summed E-state index contributed by atoms with van der Waals surface area (Å²) in [5, 5.41) is 11.8. The van der Waals surface area contributed by atoms with Crippen molar-refractivity contribution in [2.45, 2.75) is 0 Å². The molecule has 4 rings (SSSR count). The number of benzene rings is 2. The highest BCUT2D eigenvalue weighted by atomic mass is 16.6. The first-order chi connectivity index (χ1) is 12.1. The molecule has 7 heteroatoms. The largest absolute Gasteiger partial charge is 0.451 e. The van der Waals surface area contributed by atoms with E-state index in [1.807, 2.05) is 18.2 Å². The molecular weight excluding hydrogens is 322 g/mol. The van der Waals surface area contributed by atoms with Crippen LogP contribution in [-0.2, 0) is 0 Å². The monoisotopic (exact) mass is 335 g/mol. The van der Waals surface area contributed by atoms with Crippen LogP contribution in [-0.4, -0.2) is 30.1 Å². The first-order valence-electron chi connectivity index (χ1n) is 7.72. The zero-order chi connectivity index (χ0) is 17.4. The Morgan fingerprint density at radius 1 is 1.20 bits per heavy atom. The first kappa shape index (κ1) is 15.1. The van der Waals surface area contributed by atoms with Crippen LogP contribution in [0, 0.1) is 10.1 Å². The Labute approximate surface area is 142 Å². The summed E-state index contributed by atoms with van der Waals surface area (Å²) in [7, 11) is 0. The molecule has 3 aromatic rings. The van der Waals surface area contributed by atoms with Crippen molar-refractivity contribution in [2.75, 3.05) is 18.0 Å². The van der Waals surface area contributed by atoms with Gasteiger partial charge in [0.25, 0.3) is 11.6 Å². The number of furan rings is 1. The normalized spacial score (nSPS) is 13.5. The van der Waals surface area contributed by atoms with Crippen LogP contribution < -0.4 is 4.90 Å². The van der Waals surface area contributed by atoms with Crippen LogP contribution in [0.15, 0.2) is 57.9 Å². The van der Waals surface area contributed by atoms with Crippen molar-refractivity contribution in [2.24, 2.45) is 4.99 Å². The topological polar surface area (TPSA) is 89.0 Å². The molecule has 0 saturated carbocycles. The number of carbonyl (C=O) groups excluding carboxylic acids is 1. The second-order valence-electron chi connectivity index (χ2n) is 5.64. The molecule has 1 aliphatic rings. The minimum absolute atomic E-state index is 0.0387. The molecule has 0 unspecified atom stereocenters. The van der Waals surface area contributed by atoms with Crippen LogP contribution >= 0.6 is 0 Å². The number of hydrogen-bond donors (Lipinski definition) is 0. The average molecular weight is 335 g/mol. The van der Waals surface area contributed by atoms with Crippen molar-refractivity contribution >= 4 is 34.5 Å². The molecule has 2 heterocycles. The molecule has 25 heavy (non-hydrogen) atoms. The first-order valence-corrected chi connectivity index (χ1v) is 7.72. The number of para-hydroxylation sites is 1. The van der Waals surface area contributed by atoms with Crippen molar-refractivity contribution < 1.29 is 14.1 Å². The van der Waals surface area contributed by atoms with E-state index >= 15 is 0 Å². The molecule has 0 bridgehead atoms. The van der Waals surface area contributed by atoms with E-state index < -0.39 is 4.92 Å². The Bertz CT molecular complexity index is 989. The molecule has 0 N–H and O–H groups in total. The van der Waals surface area contributed by atoms with E-state index in [0.717, 1.165) is 5.39 Å². The zero-order valence-electron chi connectivity index (χ0n) is 13.1. The van der Waals surface area contributed by atoms with E-state index in [1.54, 1.807) is 29.3 Å². The molecule has 0 spiro atoms. The molecule has 124 valence electrons. The molecule has 0 atom stereocenters. The van der Waals surface area contributed by atoms with Gasteiger partial charge in [0, 0.05) is 35.8 Å². The third-order valence-corrected chi connectivity index (χ3v) is 4.08. The molecule has 1 aliphatic heterocycles. The molecule has 2 aromatic carbocycles. The van der Waals surface area contributed by atoms with E-state index in [0.29, 0.717) is 29.9 Å². The molecule has 1 aromatic heterocycles. The number of aliphatic imine (C=N–C) groups is 1. The number of carbonyl (C=O) groups is 1. The zero-order valence-corrected chi connectivity index (χ0v) is 13.1. The predicted octanol–water partition coefficient (Wildman–Crippen LogP) is 3.42. The van der Waals surface area contributed by atoms with Crippen molar-refractivity contribution in [1.82, 2.24) is 0 Å². The van der Waals surface area contributed by atoms with Crippen molar-refractivity contribution in [1.29, 1.82) is 0 Å². The van der Waals surface area contributed by atoms with Crippen LogP contribution in [0.5, 0.6) is 0 Å². The third kappa shape index (κ3) is 2.65. The average Bonchev–Trinajstić information content (AvgIpc) is 2.94. The second kappa shape index (κ2) is 5.86. The number of non-ortho nitro benzene ring substituents is 1. The Morgan fingerprint density at radius 2 is 2.04 bits per heavy atom. The van der Waals surface area contributed by atoms with Crippen LogP contribution in [0.4, 0.5) is 11.4 Å². The van der Waals surface area contributed by atoms with Crippen LogP contribution in [0.1, 0.15) is 16.1 Å². The number of fused-ring (bicyclic) bond motifs is 2. The summed E-state index contributed by atoms with van der Waals surface area (Å²) in [6.45, 7) is 0.783. The molecule has 1 amide bonds. The van der Waals surface area contributed by atoms with E-state index in [1.165, 1.54) is 12.1 Å². The lowest BCUT2D eigenvalue weighted by atomic mass is 10.1. The van der Waals surface area contributed by atoms with Gasteiger partial charge in [-0.05, 0) is 18.2 Å². The SMILES string of the molecule is O=C(c1cc2ccccc2o1)N1CCN=Cc2cc([N+](=O)[O-])ccc21. The number of rotatable bonds is 2. The highest BCUT2D eigenvalue weighted by Crippen LogP contribution is 2.28. The lowest BCUT2D eigenvalue weighted by Gasteiger charge is -2.21. The lowest BCUT2D eigenvalue weighted by Crippen LogP contribution is -2.32. The van der Waals surface area contributed by atoms with E-state index in [9.17, 15) is 14.9 Å². The fourth-order valence-corrected chi connectivity index (χ4v) is 2.88. The minimum atomic E-state index is -0.468. The molecular formula is C18H13N3O4. The van der Waals surface area contributed by atoms with Gasteiger partial charge < -0.3 is 9.32 Å². The maximum Gasteiger partial charge on any atom is 0.294 e. The summed E-state index contributed by atoms with van der Waals surface area (Å²) < 4.78 is 5.66. The van der Waals surface area contributed by atoms with Crippen molar-refractivity contribution in [3.63, 3.8) is 0 Å². The van der Waals surface area contributed by atoms with Gasteiger partial charge in [-0.25, -0.2) is 0 Å². The van der Waals surface area contributed by atoms with Crippen LogP contribution in [0.3, 0.4) is 0 Å². The standard InChI is InChI=1S/C18H13N3O4/c22-18(17-10-12-3-1-2-4-16(12)25-17)20-8-7-19-11-13-9-14(21(23)24)5-6-15(13)20/h1-6,9-11H,7-8H2. The number of nitro groups is 1. The van der Waals surface area contributed by atoms with Crippen LogP contribution in [0.25, 0.3) is 11.0 Å². The van der Waals surface area contributed by atoms with Gasteiger partial charge in [-0.15, -0.1) is 0 Å². The lowest BCUT2D eigenvalue weighted by molar-refractivity contribution is -0.384. The molecule has 0 saturated heterocycles. The second-order valence-corrected chi connectivity index (χ2v) is 5.64. The number of nitro benzene ring substituents is 1. The summed E-state index contributed by atoms with van der Waals surface area (Å²) >= 11 is 0. The summed E-state index contributed by atoms with van der Waals surface area (Å²) in [5.41, 5.74) is 1.72. The van der Waals surface area contributed by atoms with Gasteiger partial charge in [0.15, 0.2) is 5.76 Å². The fourth-order valence-electron chi connectivity index (χ4n) is 2.88. The Morgan fingerprint density at radius 3 is 2.84 bits per heavy atom. The third-order valence-electron chi connectivity index (χ3n) is 4.08. The van der Waals surface area contributed by atoms with E-state index in [-0.39, 0.29) is 17.4 Å². The fraction of sp³-hybridized carbons (Fsp3) is 0.111. The van der Waals surface area contributed by atoms with Gasteiger partial charge in [0.05, 0.1) is 17.2 Å². The Hall–Kier alpha value is -3.48. The smallest absolute Gasteiger partial charge is 0.294 e. The molecule has 0 radical (unpaired) electrons. The minimum Gasteiger partial charge on any atom is -0.451 e. The quantitative estimate of drug-likeness (QED) is 0.530. The Kier molecular flexibility index (Phi) is 3.53.